The van der Waals surface area contributed by atoms with Gasteiger partial charge in [0, 0.05) is 17.8 Å². The molecule has 0 bridgehead atoms. The van der Waals surface area contributed by atoms with E-state index in [2.05, 4.69) is 0 Å². The largest absolute Gasteiger partial charge is 0.417 e. The van der Waals surface area contributed by atoms with Crippen LogP contribution >= 0.6 is 11.6 Å². The van der Waals surface area contributed by atoms with Crippen molar-refractivity contribution < 1.29 is 18.0 Å². The first-order valence-corrected chi connectivity index (χ1v) is 8.86. The van der Waals surface area contributed by atoms with Gasteiger partial charge in [-0.25, -0.2) is 0 Å². The van der Waals surface area contributed by atoms with Crippen molar-refractivity contribution in [1.82, 2.24) is 0 Å². The summed E-state index contributed by atoms with van der Waals surface area (Å²) in [5.74, 6) is 0. The van der Waals surface area contributed by atoms with Gasteiger partial charge < -0.3 is 4.90 Å². The van der Waals surface area contributed by atoms with E-state index in [9.17, 15) is 18.0 Å². The molecule has 3 rings (SSSR count). The van der Waals surface area contributed by atoms with Gasteiger partial charge in [-0.2, -0.15) is 13.2 Å². The molecule has 0 amide bonds. The Kier molecular flexibility index (Phi) is 5.02. The van der Waals surface area contributed by atoms with Crippen molar-refractivity contribution in [1.29, 1.82) is 0 Å². The Bertz CT molecular complexity index is 848. The molecule has 0 radical (unpaired) electrons. The average Bonchev–Trinajstić information content (AvgIpc) is 3.00. The molecule has 0 N–H and O–H groups in total. The second-order valence-electron chi connectivity index (χ2n) is 6.48. The highest BCUT2D eigenvalue weighted by atomic mass is 35.5. The maximum absolute atomic E-state index is 13.2. The molecule has 1 aliphatic rings. The maximum Gasteiger partial charge on any atom is 0.417 e. The Morgan fingerprint density at radius 2 is 2.00 bits per heavy atom. The summed E-state index contributed by atoms with van der Waals surface area (Å²) in [6, 6.07) is 7.85. The number of hydrogen-bond donors (Lipinski definition) is 0. The smallest absolute Gasteiger partial charge is 0.365 e. The molecule has 0 aliphatic heterocycles. The normalized spacial score (nSPS) is 16.5. The molecule has 0 saturated carbocycles. The summed E-state index contributed by atoms with van der Waals surface area (Å²) in [5, 5.41) is -0.303. The van der Waals surface area contributed by atoms with Gasteiger partial charge in [-0.05, 0) is 61.6 Å². The summed E-state index contributed by atoms with van der Waals surface area (Å²) in [5.41, 5.74) is 3.30. The van der Waals surface area contributed by atoms with Crippen LogP contribution in [0.4, 0.5) is 18.9 Å². The molecule has 0 saturated heterocycles. The number of aryl methyl sites for hydroxylation is 1. The average molecular weight is 382 g/mol. The molecule has 6 heteroatoms. The molecular formula is C20H19ClF3NO. The Morgan fingerprint density at radius 3 is 2.62 bits per heavy atom. The number of anilines is 1. The standard InChI is InChI=1S/C20H19ClF3NO/c1-3-25(13-5-8-18(21)17(10-13)20(22,23)24)19-9-7-14-15(19)6-4-12(2)16(14)11-26/h4-6,8,10-11,19H,3,7,9H2,1-2H3. The SMILES string of the molecule is CCN(c1ccc(Cl)c(C(F)(F)F)c1)C1CCc2c1ccc(C)c2C=O. The molecule has 0 fully saturated rings. The van der Waals surface area contributed by atoms with Crippen LogP contribution in [0.25, 0.3) is 0 Å². The van der Waals surface area contributed by atoms with Crippen molar-refractivity contribution in [2.24, 2.45) is 0 Å². The number of halogens is 4. The lowest BCUT2D eigenvalue weighted by Gasteiger charge is -2.31. The molecule has 26 heavy (non-hydrogen) atoms. The highest BCUT2D eigenvalue weighted by Crippen LogP contribution is 2.42. The van der Waals surface area contributed by atoms with E-state index in [1.165, 1.54) is 6.07 Å². The lowest BCUT2D eigenvalue weighted by atomic mass is 9.98. The molecule has 138 valence electrons. The van der Waals surface area contributed by atoms with Crippen LogP contribution < -0.4 is 4.90 Å². The van der Waals surface area contributed by atoms with Gasteiger partial charge in [-0.15, -0.1) is 0 Å². The van der Waals surface area contributed by atoms with Gasteiger partial charge in [0.1, 0.15) is 0 Å². The van der Waals surface area contributed by atoms with Crippen molar-refractivity contribution in [3.63, 3.8) is 0 Å². The second-order valence-corrected chi connectivity index (χ2v) is 6.89. The van der Waals surface area contributed by atoms with E-state index >= 15 is 0 Å². The van der Waals surface area contributed by atoms with E-state index in [0.29, 0.717) is 17.8 Å². The Balaban J connectivity index is 2.04. The monoisotopic (exact) mass is 381 g/mol. The number of aldehydes is 1. The fourth-order valence-electron chi connectivity index (χ4n) is 3.81. The first-order valence-electron chi connectivity index (χ1n) is 8.48. The van der Waals surface area contributed by atoms with E-state index in [1.54, 1.807) is 6.07 Å². The van der Waals surface area contributed by atoms with E-state index in [0.717, 1.165) is 41.9 Å². The zero-order valence-electron chi connectivity index (χ0n) is 14.5. The highest BCUT2D eigenvalue weighted by Gasteiger charge is 2.35. The van der Waals surface area contributed by atoms with Crippen molar-refractivity contribution in [3.05, 3.63) is 63.2 Å². The number of rotatable bonds is 4. The zero-order valence-corrected chi connectivity index (χ0v) is 15.3. The maximum atomic E-state index is 13.2. The number of carbonyl (C=O) groups is 1. The van der Waals surface area contributed by atoms with Crippen LogP contribution in [0.3, 0.4) is 0 Å². The van der Waals surface area contributed by atoms with Gasteiger partial charge in [0.25, 0.3) is 0 Å². The summed E-state index contributed by atoms with van der Waals surface area (Å²) in [4.78, 5) is 13.4. The third-order valence-electron chi connectivity index (χ3n) is 5.06. The van der Waals surface area contributed by atoms with Gasteiger partial charge >= 0.3 is 6.18 Å². The third kappa shape index (κ3) is 3.20. The minimum atomic E-state index is -4.50. The molecule has 0 heterocycles. The van der Waals surface area contributed by atoms with Crippen LogP contribution in [-0.2, 0) is 12.6 Å². The van der Waals surface area contributed by atoms with Crippen LogP contribution in [0.1, 0.15) is 52.0 Å². The van der Waals surface area contributed by atoms with Crippen LogP contribution in [-0.4, -0.2) is 12.8 Å². The van der Waals surface area contributed by atoms with Crippen molar-refractivity contribution in [2.75, 3.05) is 11.4 Å². The molecule has 0 aromatic heterocycles. The van der Waals surface area contributed by atoms with E-state index < -0.39 is 11.7 Å². The summed E-state index contributed by atoms with van der Waals surface area (Å²) < 4.78 is 39.6. The van der Waals surface area contributed by atoms with Crippen molar-refractivity contribution in [2.45, 2.75) is 38.9 Å². The van der Waals surface area contributed by atoms with E-state index in [-0.39, 0.29) is 11.1 Å². The van der Waals surface area contributed by atoms with E-state index in [4.69, 9.17) is 11.6 Å². The lowest BCUT2D eigenvalue weighted by molar-refractivity contribution is -0.137. The van der Waals surface area contributed by atoms with Crippen LogP contribution in [0.15, 0.2) is 30.3 Å². The number of nitrogens with zero attached hydrogens (tertiary/aromatic N) is 1. The number of fused-ring (bicyclic) bond motifs is 1. The Labute approximate surface area is 155 Å². The van der Waals surface area contributed by atoms with Gasteiger partial charge in [0.05, 0.1) is 16.6 Å². The lowest BCUT2D eigenvalue weighted by Crippen LogP contribution is -2.27. The fourth-order valence-corrected chi connectivity index (χ4v) is 4.03. The van der Waals surface area contributed by atoms with E-state index in [1.807, 2.05) is 30.9 Å². The quantitative estimate of drug-likeness (QED) is 0.606. The molecule has 0 spiro atoms. The molecular weight excluding hydrogens is 363 g/mol. The highest BCUT2D eigenvalue weighted by molar-refractivity contribution is 6.31. The first-order chi connectivity index (χ1) is 12.3. The second kappa shape index (κ2) is 6.95. The van der Waals surface area contributed by atoms with Crippen LogP contribution in [0.5, 0.6) is 0 Å². The number of hydrogen-bond acceptors (Lipinski definition) is 2. The third-order valence-corrected chi connectivity index (χ3v) is 5.39. The Hall–Kier alpha value is -2.01. The summed E-state index contributed by atoms with van der Waals surface area (Å²) in [7, 11) is 0. The van der Waals surface area contributed by atoms with Crippen molar-refractivity contribution in [3.8, 4) is 0 Å². The molecule has 1 unspecified atom stereocenters. The number of alkyl halides is 3. The van der Waals surface area contributed by atoms with Crippen LogP contribution in [0.2, 0.25) is 5.02 Å². The molecule has 2 aromatic rings. The summed E-state index contributed by atoms with van der Waals surface area (Å²) in [6.45, 7) is 4.35. The van der Waals surface area contributed by atoms with Gasteiger partial charge in [-0.1, -0.05) is 23.7 Å². The molecule has 1 atom stereocenters. The number of carbonyl (C=O) groups excluding carboxylic acids is 1. The predicted octanol–water partition coefficient (Wildman–Crippen LogP) is 5.99. The minimum absolute atomic E-state index is 0.0587. The Morgan fingerprint density at radius 1 is 1.27 bits per heavy atom. The zero-order chi connectivity index (χ0) is 19.1. The number of benzene rings is 2. The van der Waals surface area contributed by atoms with Crippen molar-refractivity contribution >= 4 is 23.6 Å². The minimum Gasteiger partial charge on any atom is -0.365 e. The summed E-state index contributed by atoms with van der Waals surface area (Å²) >= 11 is 5.75. The molecule has 2 aromatic carbocycles. The van der Waals surface area contributed by atoms with Gasteiger partial charge in [-0.3, -0.25) is 4.79 Å². The predicted molar refractivity (Wildman–Crippen MR) is 97.1 cm³/mol. The first kappa shape index (κ1) is 18.8. The van der Waals surface area contributed by atoms with Gasteiger partial charge in [0.15, 0.2) is 6.29 Å². The summed E-state index contributed by atoms with van der Waals surface area (Å²) in [6.07, 6.45) is -2.12. The van der Waals surface area contributed by atoms with Gasteiger partial charge in [0.2, 0.25) is 0 Å². The topological polar surface area (TPSA) is 20.3 Å². The fraction of sp³-hybridized carbons (Fsp3) is 0.350. The molecule has 2 nitrogen and oxygen atoms in total. The molecule has 1 aliphatic carbocycles. The van der Waals surface area contributed by atoms with Crippen LogP contribution in [0, 0.1) is 6.92 Å².